The molecule has 5 aromatic carbocycles. The molecule has 0 radical (unpaired) electrons. The fourth-order valence-electron chi connectivity index (χ4n) is 6.80. The van der Waals surface area contributed by atoms with Crippen LogP contribution in [0.3, 0.4) is 0 Å². The summed E-state index contributed by atoms with van der Waals surface area (Å²) in [5.74, 6) is 0. The van der Waals surface area contributed by atoms with Gasteiger partial charge in [0.25, 0.3) is 0 Å². The lowest BCUT2D eigenvalue weighted by Gasteiger charge is -2.18. The van der Waals surface area contributed by atoms with Gasteiger partial charge in [-0.15, -0.1) is 0 Å². The van der Waals surface area contributed by atoms with Crippen LogP contribution in [0.2, 0.25) is 0 Å². The van der Waals surface area contributed by atoms with Gasteiger partial charge in [0.1, 0.15) is 11.6 Å². The lowest BCUT2D eigenvalue weighted by Crippen LogP contribution is -2.05. The molecule has 0 spiro atoms. The second-order valence-electron chi connectivity index (χ2n) is 12.0. The molecule has 0 saturated heterocycles. The van der Waals surface area contributed by atoms with Crippen LogP contribution in [-0.4, -0.2) is 14.1 Å². The number of fused-ring (bicyclic) bond motifs is 6. The first-order chi connectivity index (χ1) is 21.4. The van der Waals surface area contributed by atoms with Crippen LogP contribution >= 0.6 is 0 Å². The summed E-state index contributed by atoms with van der Waals surface area (Å²) in [5, 5.41) is 15.8. The summed E-state index contributed by atoms with van der Waals surface area (Å²) in [6, 6.07) is 37.4. The molecule has 0 unspecified atom stereocenters. The first-order valence-corrected chi connectivity index (χ1v) is 14.9. The highest BCUT2D eigenvalue weighted by Crippen LogP contribution is 2.40. The molecule has 0 aliphatic heterocycles. The number of nitriles is 1. The van der Waals surface area contributed by atoms with Crippen molar-refractivity contribution in [3.8, 4) is 28.6 Å². The zero-order chi connectivity index (χ0) is 30.1. The highest BCUT2D eigenvalue weighted by molar-refractivity contribution is 6.11. The molecule has 0 saturated carbocycles. The summed E-state index contributed by atoms with van der Waals surface area (Å²) >= 11 is 0. The van der Waals surface area contributed by atoms with E-state index in [9.17, 15) is 5.26 Å². The van der Waals surface area contributed by atoms with Crippen LogP contribution in [0.25, 0.3) is 66.1 Å². The van der Waals surface area contributed by atoms with Gasteiger partial charge in [-0.05, 0) is 100.0 Å². The first-order valence-electron chi connectivity index (χ1n) is 14.9. The Kier molecular flexibility index (Phi) is 5.73. The Morgan fingerprint density at radius 3 is 1.27 bits per heavy atom. The van der Waals surface area contributed by atoms with E-state index in [2.05, 4.69) is 139 Å². The molecule has 4 heteroatoms. The molecule has 0 aliphatic carbocycles. The van der Waals surface area contributed by atoms with E-state index in [0.717, 1.165) is 44.6 Å². The highest BCUT2D eigenvalue weighted by Gasteiger charge is 2.22. The van der Waals surface area contributed by atoms with Crippen LogP contribution in [0.4, 0.5) is 0 Å². The van der Waals surface area contributed by atoms with Crippen molar-refractivity contribution in [2.75, 3.05) is 0 Å². The minimum absolute atomic E-state index is 0.623. The molecule has 3 heterocycles. The number of pyridine rings is 1. The van der Waals surface area contributed by atoms with Gasteiger partial charge < -0.3 is 9.13 Å². The van der Waals surface area contributed by atoms with Crippen LogP contribution in [-0.2, 0) is 0 Å². The zero-order valence-corrected chi connectivity index (χ0v) is 25.2. The summed E-state index contributed by atoms with van der Waals surface area (Å²) in [5.41, 5.74) is 13.5. The van der Waals surface area contributed by atoms with Gasteiger partial charge in [0, 0.05) is 39.5 Å². The van der Waals surface area contributed by atoms with E-state index in [1.807, 2.05) is 12.3 Å². The van der Waals surface area contributed by atoms with Gasteiger partial charge in [-0.3, -0.25) is 4.98 Å². The molecule has 44 heavy (non-hydrogen) atoms. The third kappa shape index (κ3) is 3.87. The van der Waals surface area contributed by atoms with Crippen molar-refractivity contribution in [1.29, 1.82) is 5.26 Å². The number of aryl methyl sites for hydroxylation is 4. The molecule has 3 aromatic heterocycles. The maximum absolute atomic E-state index is 11.0. The minimum Gasteiger partial charge on any atom is -0.308 e. The topological polar surface area (TPSA) is 46.5 Å². The Hall–Kier alpha value is -5.66. The van der Waals surface area contributed by atoms with Crippen LogP contribution < -0.4 is 0 Å². The average molecular weight is 567 g/mol. The van der Waals surface area contributed by atoms with Gasteiger partial charge in [0.05, 0.1) is 33.4 Å². The SMILES string of the molecule is Cc1ccc2c(c1)c1cc(C)ccc1n2-c1cc(-c2cccnc2)cc(-n2c3ccc(C)cc3c3cc(C)ccc32)c1C#N. The number of hydrogen-bond acceptors (Lipinski definition) is 2. The second kappa shape index (κ2) is 9.69. The summed E-state index contributed by atoms with van der Waals surface area (Å²) in [6.07, 6.45) is 3.69. The Morgan fingerprint density at radius 2 is 0.932 bits per heavy atom. The van der Waals surface area contributed by atoms with E-state index in [4.69, 9.17) is 0 Å². The van der Waals surface area contributed by atoms with Gasteiger partial charge in [0.2, 0.25) is 0 Å². The van der Waals surface area contributed by atoms with Gasteiger partial charge >= 0.3 is 0 Å². The van der Waals surface area contributed by atoms with Crippen LogP contribution in [0.5, 0.6) is 0 Å². The van der Waals surface area contributed by atoms with Crippen molar-refractivity contribution in [1.82, 2.24) is 14.1 Å². The number of benzene rings is 5. The fourth-order valence-corrected chi connectivity index (χ4v) is 6.80. The second-order valence-corrected chi connectivity index (χ2v) is 12.0. The van der Waals surface area contributed by atoms with Crippen molar-refractivity contribution < 1.29 is 0 Å². The molecule has 0 N–H and O–H groups in total. The Morgan fingerprint density at radius 1 is 0.523 bits per heavy atom. The van der Waals surface area contributed by atoms with Crippen LogP contribution in [0.1, 0.15) is 27.8 Å². The van der Waals surface area contributed by atoms with E-state index in [1.54, 1.807) is 6.20 Å². The maximum Gasteiger partial charge on any atom is 0.104 e. The Balaban J connectivity index is 1.57. The number of rotatable bonds is 3. The largest absolute Gasteiger partial charge is 0.308 e. The summed E-state index contributed by atoms with van der Waals surface area (Å²) < 4.78 is 4.54. The van der Waals surface area contributed by atoms with Crippen molar-refractivity contribution in [2.24, 2.45) is 0 Å². The average Bonchev–Trinajstić information content (AvgIpc) is 3.51. The van der Waals surface area contributed by atoms with E-state index in [0.29, 0.717) is 5.56 Å². The lowest BCUT2D eigenvalue weighted by atomic mass is 10.0. The predicted octanol–water partition coefficient (Wildman–Crippen LogP) is 10.0. The summed E-state index contributed by atoms with van der Waals surface area (Å²) in [7, 11) is 0. The number of hydrogen-bond donors (Lipinski definition) is 0. The minimum atomic E-state index is 0.623. The molecule has 0 amide bonds. The molecule has 0 aliphatic rings. The molecule has 210 valence electrons. The molecule has 0 bridgehead atoms. The van der Waals surface area contributed by atoms with Crippen molar-refractivity contribution in [3.05, 3.63) is 137 Å². The van der Waals surface area contributed by atoms with E-state index >= 15 is 0 Å². The lowest BCUT2D eigenvalue weighted by molar-refractivity contribution is 1.12. The monoisotopic (exact) mass is 566 g/mol. The molecule has 4 nitrogen and oxygen atoms in total. The molecular formula is C40H30N4. The summed E-state index contributed by atoms with van der Waals surface area (Å²) in [4.78, 5) is 4.45. The van der Waals surface area contributed by atoms with E-state index in [-0.39, 0.29) is 0 Å². The van der Waals surface area contributed by atoms with Gasteiger partial charge in [0.15, 0.2) is 0 Å². The smallest absolute Gasteiger partial charge is 0.104 e. The van der Waals surface area contributed by atoms with Crippen LogP contribution in [0.15, 0.2) is 109 Å². The molecular weight excluding hydrogens is 536 g/mol. The van der Waals surface area contributed by atoms with Gasteiger partial charge in [-0.2, -0.15) is 5.26 Å². The van der Waals surface area contributed by atoms with Gasteiger partial charge in [-0.1, -0.05) is 52.6 Å². The molecule has 8 aromatic rings. The van der Waals surface area contributed by atoms with E-state index in [1.165, 1.54) is 43.8 Å². The van der Waals surface area contributed by atoms with Crippen molar-refractivity contribution >= 4 is 43.6 Å². The Bertz CT molecular complexity index is 2220. The van der Waals surface area contributed by atoms with Gasteiger partial charge in [-0.25, -0.2) is 0 Å². The summed E-state index contributed by atoms with van der Waals surface area (Å²) in [6.45, 7) is 8.52. The third-order valence-corrected chi connectivity index (χ3v) is 8.84. The molecule has 8 rings (SSSR count). The van der Waals surface area contributed by atoms with Crippen molar-refractivity contribution in [2.45, 2.75) is 27.7 Å². The first kappa shape index (κ1) is 26.0. The quantitative estimate of drug-likeness (QED) is 0.214. The predicted molar refractivity (Wildman–Crippen MR) is 182 cm³/mol. The van der Waals surface area contributed by atoms with Crippen LogP contribution in [0, 0.1) is 39.0 Å². The standard InChI is InChI=1S/C40H30N4/c1-24-7-11-35-30(16-24)31-17-25(2)8-12-36(31)43(35)39-20-29(28-6-5-15-42-23-28)21-40(34(39)22-41)44-37-13-9-26(3)18-32(37)33-19-27(4)10-14-38(33)44/h5-21,23H,1-4H3. The highest BCUT2D eigenvalue weighted by atomic mass is 15.0. The fraction of sp³-hybridized carbons (Fsp3) is 0.100. The Labute approximate surface area is 256 Å². The van der Waals surface area contributed by atoms with Crippen molar-refractivity contribution in [3.63, 3.8) is 0 Å². The zero-order valence-electron chi connectivity index (χ0n) is 25.2. The molecule has 0 fully saturated rings. The van der Waals surface area contributed by atoms with E-state index < -0.39 is 0 Å². The number of nitrogens with zero attached hydrogens (tertiary/aromatic N) is 4. The third-order valence-electron chi connectivity index (χ3n) is 8.84. The molecule has 0 atom stereocenters. The maximum atomic E-state index is 11.0. The normalized spacial score (nSPS) is 11.6. The number of aromatic nitrogens is 3.